The molecule has 0 spiro atoms. The fourth-order valence-electron chi connectivity index (χ4n) is 1.56. The summed E-state index contributed by atoms with van der Waals surface area (Å²) in [5.74, 6) is -0.199. The van der Waals surface area contributed by atoms with Gasteiger partial charge in [-0.3, -0.25) is 9.59 Å². The first-order chi connectivity index (χ1) is 7.25. The summed E-state index contributed by atoms with van der Waals surface area (Å²) in [4.78, 5) is 22.6. The maximum Gasteiger partial charge on any atom is 0.246 e. The van der Waals surface area contributed by atoms with Gasteiger partial charge in [-0.25, -0.2) is 0 Å². The van der Waals surface area contributed by atoms with Crippen LogP contribution >= 0.6 is 0 Å². The summed E-state index contributed by atoms with van der Waals surface area (Å²) in [7, 11) is 0. The molecule has 4 heteroatoms. The number of hydrogen-bond acceptors (Lipinski definition) is 2. The van der Waals surface area contributed by atoms with E-state index in [1.54, 1.807) is 0 Å². The van der Waals surface area contributed by atoms with Crippen molar-refractivity contribution in [3.05, 3.63) is 30.3 Å². The maximum absolute atomic E-state index is 11.6. The van der Waals surface area contributed by atoms with Gasteiger partial charge in [-0.15, -0.1) is 0 Å². The van der Waals surface area contributed by atoms with Crippen molar-refractivity contribution in [2.45, 2.75) is 18.9 Å². The standard InChI is InChI=1S/C11H12N2O2/c14-10-7-6-9(13-10)11(15)12-8-4-2-1-3-5-8/h1-5,9H,6-7H2,(H,12,15)(H,13,14)/t9-/m0/s1. The van der Waals surface area contributed by atoms with Crippen LogP contribution in [-0.2, 0) is 9.59 Å². The molecule has 2 N–H and O–H groups in total. The second kappa shape index (κ2) is 4.13. The van der Waals surface area contributed by atoms with Crippen LogP contribution in [0.5, 0.6) is 0 Å². The van der Waals surface area contributed by atoms with E-state index in [1.807, 2.05) is 30.3 Å². The third-order valence-electron chi connectivity index (χ3n) is 2.35. The number of hydrogen-bond donors (Lipinski definition) is 2. The van der Waals surface area contributed by atoms with Crippen molar-refractivity contribution in [3.63, 3.8) is 0 Å². The van der Waals surface area contributed by atoms with E-state index < -0.39 is 0 Å². The van der Waals surface area contributed by atoms with Crippen LogP contribution in [0.4, 0.5) is 5.69 Å². The molecule has 1 aliphatic heterocycles. The Labute approximate surface area is 87.7 Å². The quantitative estimate of drug-likeness (QED) is 0.752. The summed E-state index contributed by atoms with van der Waals surface area (Å²) < 4.78 is 0. The van der Waals surface area contributed by atoms with Crippen LogP contribution in [0.2, 0.25) is 0 Å². The molecule has 0 aromatic heterocycles. The monoisotopic (exact) mass is 204 g/mol. The van der Waals surface area contributed by atoms with E-state index in [0.29, 0.717) is 12.8 Å². The third kappa shape index (κ3) is 2.34. The molecule has 1 saturated heterocycles. The van der Waals surface area contributed by atoms with Crippen LogP contribution in [0, 0.1) is 0 Å². The Hall–Kier alpha value is -1.84. The number of amides is 2. The van der Waals surface area contributed by atoms with E-state index in [0.717, 1.165) is 5.69 Å². The molecule has 0 unspecified atom stereocenters. The van der Waals surface area contributed by atoms with E-state index in [2.05, 4.69) is 10.6 Å². The van der Waals surface area contributed by atoms with Gasteiger partial charge in [-0.1, -0.05) is 18.2 Å². The normalized spacial score (nSPS) is 19.7. The molecule has 1 aliphatic rings. The topological polar surface area (TPSA) is 58.2 Å². The van der Waals surface area contributed by atoms with Crippen LogP contribution in [0.25, 0.3) is 0 Å². The van der Waals surface area contributed by atoms with Gasteiger partial charge < -0.3 is 10.6 Å². The zero-order chi connectivity index (χ0) is 10.7. The zero-order valence-electron chi connectivity index (χ0n) is 8.19. The number of rotatable bonds is 2. The number of anilines is 1. The fraction of sp³-hybridized carbons (Fsp3) is 0.273. The number of carbonyl (C=O) groups is 2. The SMILES string of the molecule is O=C1CC[C@@H](C(=O)Nc2ccccc2)N1. The van der Waals surface area contributed by atoms with E-state index in [4.69, 9.17) is 0 Å². The van der Waals surface area contributed by atoms with Gasteiger partial charge in [0.15, 0.2) is 0 Å². The Bertz CT molecular complexity index is 375. The molecule has 0 aliphatic carbocycles. The van der Waals surface area contributed by atoms with Gasteiger partial charge in [-0.05, 0) is 18.6 Å². The Morgan fingerprint density at radius 2 is 2.07 bits per heavy atom. The molecule has 0 radical (unpaired) electrons. The molecule has 1 aromatic rings. The lowest BCUT2D eigenvalue weighted by molar-refractivity contribution is -0.122. The molecule has 1 atom stereocenters. The Kier molecular flexibility index (Phi) is 2.67. The highest BCUT2D eigenvalue weighted by Crippen LogP contribution is 2.10. The summed E-state index contributed by atoms with van der Waals surface area (Å²) in [5.41, 5.74) is 0.753. The average Bonchev–Trinajstić information content (AvgIpc) is 2.66. The van der Waals surface area contributed by atoms with Crippen molar-refractivity contribution in [1.82, 2.24) is 5.32 Å². The molecule has 1 aromatic carbocycles. The number of nitrogens with one attached hydrogen (secondary N) is 2. The van der Waals surface area contributed by atoms with Crippen LogP contribution in [-0.4, -0.2) is 17.9 Å². The molecule has 0 saturated carbocycles. The number of benzene rings is 1. The van der Waals surface area contributed by atoms with E-state index in [1.165, 1.54) is 0 Å². The molecule has 0 bridgehead atoms. The highest BCUT2D eigenvalue weighted by atomic mass is 16.2. The van der Waals surface area contributed by atoms with Crippen LogP contribution in [0.1, 0.15) is 12.8 Å². The number of para-hydroxylation sites is 1. The first-order valence-corrected chi connectivity index (χ1v) is 4.91. The summed E-state index contributed by atoms with van der Waals surface area (Å²) in [6, 6.07) is 8.83. The smallest absolute Gasteiger partial charge is 0.246 e. The lowest BCUT2D eigenvalue weighted by atomic mass is 10.2. The van der Waals surface area contributed by atoms with E-state index in [-0.39, 0.29) is 17.9 Å². The highest BCUT2D eigenvalue weighted by Gasteiger charge is 2.26. The summed E-state index contributed by atoms with van der Waals surface area (Å²) >= 11 is 0. The zero-order valence-corrected chi connectivity index (χ0v) is 8.19. The fourth-order valence-corrected chi connectivity index (χ4v) is 1.56. The summed E-state index contributed by atoms with van der Waals surface area (Å²) in [6.07, 6.45) is 1.02. The maximum atomic E-state index is 11.6. The largest absolute Gasteiger partial charge is 0.344 e. The second-order valence-electron chi connectivity index (χ2n) is 3.51. The molecular formula is C11H12N2O2. The van der Waals surface area contributed by atoms with Gasteiger partial charge in [0.1, 0.15) is 6.04 Å². The van der Waals surface area contributed by atoms with Crippen LogP contribution < -0.4 is 10.6 Å². The van der Waals surface area contributed by atoms with Crippen molar-refractivity contribution < 1.29 is 9.59 Å². The first kappa shape index (κ1) is 9.71. The molecule has 1 fully saturated rings. The first-order valence-electron chi connectivity index (χ1n) is 4.91. The van der Waals surface area contributed by atoms with E-state index in [9.17, 15) is 9.59 Å². The van der Waals surface area contributed by atoms with Gasteiger partial charge in [0, 0.05) is 12.1 Å². The molecule has 4 nitrogen and oxygen atoms in total. The van der Waals surface area contributed by atoms with Gasteiger partial charge in [-0.2, -0.15) is 0 Å². The Morgan fingerprint density at radius 3 is 2.67 bits per heavy atom. The minimum absolute atomic E-state index is 0.0526. The van der Waals surface area contributed by atoms with Crippen LogP contribution in [0.3, 0.4) is 0 Å². The van der Waals surface area contributed by atoms with Gasteiger partial charge in [0.25, 0.3) is 0 Å². The Balaban J connectivity index is 1.96. The van der Waals surface area contributed by atoms with Gasteiger partial charge in [0.05, 0.1) is 0 Å². The van der Waals surface area contributed by atoms with Crippen molar-refractivity contribution in [1.29, 1.82) is 0 Å². The molecule has 2 amide bonds. The molecule has 1 heterocycles. The molecule has 2 rings (SSSR count). The van der Waals surface area contributed by atoms with E-state index >= 15 is 0 Å². The molecule has 78 valence electrons. The second-order valence-corrected chi connectivity index (χ2v) is 3.51. The summed E-state index contributed by atoms with van der Waals surface area (Å²) in [5, 5.41) is 5.37. The van der Waals surface area contributed by atoms with Crippen molar-refractivity contribution in [2.75, 3.05) is 5.32 Å². The third-order valence-corrected chi connectivity index (χ3v) is 2.35. The predicted octanol–water partition coefficient (Wildman–Crippen LogP) is 0.904. The average molecular weight is 204 g/mol. The van der Waals surface area contributed by atoms with Crippen molar-refractivity contribution >= 4 is 17.5 Å². The Morgan fingerprint density at radius 1 is 1.33 bits per heavy atom. The lowest BCUT2D eigenvalue weighted by Crippen LogP contribution is -2.37. The van der Waals surface area contributed by atoms with Crippen molar-refractivity contribution in [3.8, 4) is 0 Å². The van der Waals surface area contributed by atoms with Gasteiger partial charge >= 0.3 is 0 Å². The lowest BCUT2D eigenvalue weighted by Gasteiger charge is -2.10. The number of carbonyl (C=O) groups excluding carboxylic acids is 2. The molecular weight excluding hydrogens is 192 g/mol. The minimum atomic E-state index is -0.377. The van der Waals surface area contributed by atoms with Crippen LogP contribution in [0.15, 0.2) is 30.3 Å². The summed E-state index contributed by atoms with van der Waals surface area (Å²) in [6.45, 7) is 0. The highest BCUT2D eigenvalue weighted by molar-refractivity contribution is 5.98. The van der Waals surface area contributed by atoms with Gasteiger partial charge in [0.2, 0.25) is 11.8 Å². The minimum Gasteiger partial charge on any atom is -0.344 e. The van der Waals surface area contributed by atoms with Crippen molar-refractivity contribution in [2.24, 2.45) is 0 Å². The predicted molar refractivity (Wildman–Crippen MR) is 56.2 cm³/mol. The molecule has 15 heavy (non-hydrogen) atoms.